The number of rotatable bonds is 2. The van der Waals surface area contributed by atoms with Crippen LogP contribution in [-0.4, -0.2) is 30.6 Å². The Bertz CT molecular complexity index is 418. The van der Waals surface area contributed by atoms with E-state index in [1.807, 2.05) is 25.1 Å². The van der Waals surface area contributed by atoms with Gasteiger partial charge in [0, 0.05) is 37.3 Å². The highest BCUT2D eigenvalue weighted by Gasteiger charge is 2.16. The van der Waals surface area contributed by atoms with Crippen LogP contribution in [0.15, 0.2) is 18.2 Å². The summed E-state index contributed by atoms with van der Waals surface area (Å²) >= 11 is 0. The molecule has 1 aliphatic rings. The third-order valence-electron chi connectivity index (χ3n) is 3.06. The maximum Gasteiger partial charge on any atom is 0.221 e. The molecule has 1 aliphatic heterocycles. The molecule has 1 fully saturated rings. The average molecular weight is 234 g/mol. The molecule has 17 heavy (non-hydrogen) atoms. The van der Waals surface area contributed by atoms with Crippen molar-refractivity contribution in [3.8, 4) is 0 Å². The monoisotopic (exact) mass is 234 g/mol. The van der Waals surface area contributed by atoms with E-state index in [2.05, 4.69) is 10.2 Å². The fourth-order valence-corrected chi connectivity index (χ4v) is 2.16. The van der Waals surface area contributed by atoms with E-state index in [1.54, 1.807) is 0 Å². The molecule has 1 saturated heterocycles. The molecule has 0 atom stereocenters. The van der Waals surface area contributed by atoms with E-state index in [-0.39, 0.29) is 12.5 Å². The molecule has 0 aromatic heterocycles. The summed E-state index contributed by atoms with van der Waals surface area (Å²) in [6, 6.07) is 6.06. The fraction of sp³-hybridized carbons (Fsp3) is 0.462. The molecule has 0 spiro atoms. The van der Waals surface area contributed by atoms with Crippen LogP contribution < -0.4 is 10.2 Å². The van der Waals surface area contributed by atoms with Gasteiger partial charge < -0.3 is 15.3 Å². The topological polar surface area (TPSA) is 52.6 Å². The van der Waals surface area contributed by atoms with Crippen LogP contribution in [0.3, 0.4) is 0 Å². The highest BCUT2D eigenvalue weighted by molar-refractivity contribution is 5.77. The number of aliphatic hydroxyl groups is 1. The number of nitrogens with zero attached hydrogens (tertiary/aromatic N) is 1. The zero-order chi connectivity index (χ0) is 12.3. The number of carbonyl (C=O) groups excluding carboxylic acids is 1. The second kappa shape index (κ2) is 5.19. The molecule has 1 amide bonds. The minimum absolute atomic E-state index is 0.0366. The van der Waals surface area contributed by atoms with E-state index in [0.717, 1.165) is 23.4 Å². The lowest BCUT2D eigenvalue weighted by atomic mass is 10.1. The van der Waals surface area contributed by atoms with Gasteiger partial charge in [-0.3, -0.25) is 4.79 Å². The first-order valence-corrected chi connectivity index (χ1v) is 5.93. The van der Waals surface area contributed by atoms with Crippen molar-refractivity contribution >= 4 is 11.6 Å². The summed E-state index contributed by atoms with van der Waals surface area (Å²) in [6.45, 7) is 4.21. The first-order valence-electron chi connectivity index (χ1n) is 5.93. The lowest BCUT2D eigenvalue weighted by molar-refractivity contribution is -0.120. The van der Waals surface area contributed by atoms with Gasteiger partial charge in [-0.1, -0.05) is 17.7 Å². The van der Waals surface area contributed by atoms with Crippen LogP contribution in [0.2, 0.25) is 0 Å². The molecule has 0 radical (unpaired) electrons. The lowest BCUT2D eigenvalue weighted by Crippen LogP contribution is -2.29. The average Bonchev–Trinajstić information content (AvgIpc) is 2.54. The quantitative estimate of drug-likeness (QED) is 0.796. The Morgan fingerprint density at radius 2 is 2.24 bits per heavy atom. The summed E-state index contributed by atoms with van der Waals surface area (Å²) in [5.41, 5.74) is 3.11. The van der Waals surface area contributed by atoms with Crippen LogP contribution in [0.5, 0.6) is 0 Å². The molecule has 2 rings (SSSR count). The molecule has 1 aromatic rings. The highest BCUT2D eigenvalue weighted by atomic mass is 16.3. The Labute approximate surface area is 101 Å². The SMILES string of the molecule is Cc1ccc(N2CCNC(=O)CC2)c(CO)c1. The van der Waals surface area contributed by atoms with Gasteiger partial charge >= 0.3 is 0 Å². The number of benzene rings is 1. The van der Waals surface area contributed by atoms with Crippen molar-refractivity contribution in [2.24, 2.45) is 0 Å². The van der Waals surface area contributed by atoms with E-state index < -0.39 is 0 Å². The number of hydrogen-bond donors (Lipinski definition) is 2. The first kappa shape index (κ1) is 11.9. The van der Waals surface area contributed by atoms with Gasteiger partial charge in [0.05, 0.1) is 6.61 Å². The number of hydrogen-bond acceptors (Lipinski definition) is 3. The number of aliphatic hydroxyl groups excluding tert-OH is 1. The molecule has 0 saturated carbocycles. The fourth-order valence-electron chi connectivity index (χ4n) is 2.16. The molecule has 0 aliphatic carbocycles. The summed E-state index contributed by atoms with van der Waals surface area (Å²) in [6.07, 6.45) is 0.513. The van der Waals surface area contributed by atoms with Crippen molar-refractivity contribution < 1.29 is 9.90 Å². The van der Waals surface area contributed by atoms with Crippen LogP contribution >= 0.6 is 0 Å². The predicted octanol–water partition coefficient (Wildman–Crippen LogP) is 0.814. The number of carbonyl (C=O) groups is 1. The number of nitrogens with one attached hydrogen (secondary N) is 1. The van der Waals surface area contributed by atoms with Gasteiger partial charge in [0.15, 0.2) is 0 Å². The Morgan fingerprint density at radius 3 is 3.00 bits per heavy atom. The zero-order valence-corrected chi connectivity index (χ0v) is 10.1. The second-order valence-electron chi connectivity index (χ2n) is 4.38. The van der Waals surface area contributed by atoms with E-state index in [9.17, 15) is 9.90 Å². The van der Waals surface area contributed by atoms with Gasteiger partial charge in [-0.15, -0.1) is 0 Å². The van der Waals surface area contributed by atoms with Crippen LogP contribution in [0.4, 0.5) is 5.69 Å². The van der Waals surface area contributed by atoms with Gasteiger partial charge in [-0.05, 0) is 13.0 Å². The van der Waals surface area contributed by atoms with Crippen molar-refractivity contribution in [1.82, 2.24) is 5.32 Å². The van der Waals surface area contributed by atoms with Crippen LogP contribution in [0.25, 0.3) is 0 Å². The number of amides is 1. The minimum Gasteiger partial charge on any atom is -0.392 e. The molecule has 0 bridgehead atoms. The molecule has 1 heterocycles. The molecule has 92 valence electrons. The molecular weight excluding hydrogens is 216 g/mol. The Hall–Kier alpha value is -1.55. The molecular formula is C13H18N2O2. The van der Waals surface area contributed by atoms with Crippen molar-refractivity contribution in [2.75, 3.05) is 24.5 Å². The van der Waals surface area contributed by atoms with Crippen molar-refractivity contribution in [3.63, 3.8) is 0 Å². The van der Waals surface area contributed by atoms with Crippen LogP contribution in [0.1, 0.15) is 17.5 Å². The standard InChI is InChI=1S/C13H18N2O2/c1-10-2-3-12(11(8-10)9-16)15-6-4-13(17)14-5-7-15/h2-3,8,16H,4-7,9H2,1H3,(H,14,17). The van der Waals surface area contributed by atoms with E-state index in [0.29, 0.717) is 19.5 Å². The molecule has 4 nitrogen and oxygen atoms in total. The van der Waals surface area contributed by atoms with Gasteiger partial charge in [0.25, 0.3) is 0 Å². The Kier molecular flexibility index (Phi) is 3.64. The summed E-state index contributed by atoms with van der Waals surface area (Å²) in [5, 5.41) is 12.2. The van der Waals surface area contributed by atoms with E-state index in [1.165, 1.54) is 0 Å². The highest BCUT2D eigenvalue weighted by Crippen LogP contribution is 2.22. The first-order chi connectivity index (χ1) is 8.20. The minimum atomic E-state index is 0.0366. The molecule has 4 heteroatoms. The maximum atomic E-state index is 11.3. The molecule has 2 N–H and O–H groups in total. The van der Waals surface area contributed by atoms with Crippen molar-refractivity contribution in [1.29, 1.82) is 0 Å². The molecule has 0 unspecified atom stereocenters. The zero-order valence-electron chi connectivity index (χ0n) is 10.1. The van der Waals surface area contributed by atoms with Crippen LogP contribution in [0, 0.1) is 6.92 Å². The predicted molar refractivity (Wildman–Crippen MR) is 66.9 cm³/mol. The summed E-state index contributed by atoms with van der Waals surface area (Å²) in [7, 11) is 0. The normalized spacial score (nSPS) is 16.6. The summed E-state index contributed by atoms with van der Waals surface area (Å²) in [4.78, 5) is 13.4. The maximum absolute atomic E-state index is 11.3. The second-order valence-corrected chi connectivity index (χ2v) is 4.38. The summed E-state index contributed by atoms with van der Waals surface area (Å²) < 4.78 is 0. The third-order valence-corrected chi connectivity index (χ3v) is 3.06. The van der Waals surface area contributed by atoms with Crippen molar-refractivity contribution in [3.05, 3.63) is 29.3 Å². The Morgan fingerprint density at radius 1 is 1.41 bits per heavy atom. The van der Waals surface area contributed by atoms with Gasteiger partial charge in [-0.2, -0.15) is 0 Å². The van der Waals surface area contributed by atoms with Gasteiger partial charge in [-0.25, -0.2) is 0 Å². The number of anilines is 1. The number of aryl methyl sites for hydroxylation is 1. The largest absolute Gasteiger partial charge is 0.392 e. The van der Waals surface area contributed by atoms with Crippen molar-refractivity contribution in [2.45, 2.75) is 20.0 Å². The molecule has 1 aromatic carbocycles. The summed E-state index contributed by atoms with van der Waals surface area (Å²) in [5.74, 6) is 0.102. The van der Waals surface area contributed by atoms with Crippen LogP contribution in [-0.2, 0) is 11.4 Å². The smallest absolute Gasteiger partial charge is 0.221 e. The van der Waals surface area contributed by atoms with Gasteiger partial charge in [0.2, 0.25) is 5.91 Å². The van der Waals surface area contributed by atoms with E-state index in [4.69, 9.17) is 0 Å². The van der Waals surface area contributed by atoms with E-state index >= 15 is 0 Å². The lowest BCUT2D eigenvalue weighted by Gasteiger charge is -2.24. The third kappa shape index (κ3) is 2.77. The Balaban J connectivity index is 2.23. The van der Waals surface area contributed by atoms with Gasteiger partial charge in [0.1, 0.15) is 0 Å².